The number of nitrogens with one attached hydrogen (secondary N) is 2. The molecule has 19 heavy (non-hydrogen) atoms. The summed E-state index contributed by atoms with van der Waals surface area (Å²) < 4.78 is 0. The average Bonchev–Trinajstić information content (AvgIpc) is 2.47. The van der Waals surface area contributed by atoms with E-state index in [9.17, 15) is 0 Å². The highest BCUT2D eigenvalue weighted by molar-refractivity contribution is 6.00. The minimum absolute atomic E-state index is 0.857. The van der Waals surface area contributed by atoms with Gasteiger partial charge in [-0.25, -0.2) is 0 Å². The molecule has 4 heteroatoms. The van der Waals surface area contributed by atoms with E-state index in [0.29, 0.717) is 0 Å². The third-order valence-electron chi connectivity index (χ3n) is 3.10. The third kappa shape index (κ3) is 3.44. The van der Waals surface area contributed by atoms with Crippen molar-refractivity contribution >= 4 is 17.7 Å². The average molecular weight is 256 g/mol. The molecule has 2 N–H and O–H groups in total. The number of fused-ring (bicyclic) bond motifs is 1. The molecule has 4 nitrogen and oxygen atoms in total. The second-order valence-electron chi connectivity index (χ2n) is 4.39. The van der Waals surface area contributed by atoms with E-state index in [1.807, 2.05) is 12.3 Å². The molecule has 0 atom stereocenters. The molecule has 0 radical (unpaired) electrons. The second-order valence-corrected chi connectivity index (χ2v) is 4.39. The van der Waals surface area contributed by atoms with Crippen molar-refractivity contribution in [2.24, 2.45) is 9.98 Å². The molecule has 2 rings (SSSR count). The molecule has 1 heterocycles. The Kier molecular flexibility index (Phi) is 4.72. The van der Waals surface area contributed by atoms with Crippen LogP contribution in [-0.2, 0) is 6.42 Å². The molecule has 1 aromatic rings. The number of allylic oxidation sites excluding steroid dienone is 1. The summed E-state index contributed by atoms with van der Waals surface area (Å²) in [5.74, 6) is 0.857. The molecule has 0 bridgehead atoms. The molecule has 1 aromatic carbocycles. The number of hydrogen-bond acceptors (Lipinski definition) is 3. The highest BCUT2D eigenvalue weighted by Crippen LogP contribution is 2.23. The van der Waals surface area contributed by atoms with Gasteiger partial charge in [-0.3, -0.25) is 9.98 Å². The lowest BCUT2D eigenvalue weighted by molar-refractivity contribution is 0.830. The Hall–Kier alpha value is -2.10. The smallest absolute Gasteiger partial charge is 0.132 e. The first-order chi connectivity index (χ1) is 9.35. The van der Waals surface area contributed by atoms with Crippen molar-refractivity contribution in [2.45, 2.75) is 12.8 Å². The summed E-state index contributed by atoms with van der Waals surface area (Å²) in [6.07, 6.45) is 7.78. The van der Waals surface area contributed by atoms with Gasteiger partial charge in [-0.1, -0.05) is 12.1 Å². The van der Waals surface area contributed by atoms with Crippen LogP contribution >= 0.6 is 0 Å². The molecule has 0 saturated carbocycles. The van der Waals surface area contributed by atoms with E-state index >= 15 is 0 Å². The van der Waals surface area contributed by atoms with Crippen molar-refractivity contribution in [3.05, 3.63) is 41.6 Å². The van der Waals surface area contributed by atoms with Crippen LogP contribution < -0.4 is 10.6 Å². The number of aryl methyl sites for hydroxylation is 1. The standard InChI is InChI=1S/C15H20N4/c1-16-8-4-10-19-15(17-2)13-7-6-12-5-3-9-18-14(12)11-13/h4,6-8,10-11,18H,3,5,9H2,1-2H3,(H,17,19). The Morgan fingerprint density at radius 2 is 2.26 bits per heavy atom. The van der Waals surface area contributed by atoms with Crippen molar-refractivity contribution in [1.82, 2.24) is 5.32 Å². The minimum Gasteiger partial charge on any atom is -0.385 e. The van der Waals surface area contributed by atoms with Crippen LogP contribution in [-0.4, -0.2) is 32.7 Å². The Balaban J connectivity index is 2.15. The van der Waals surface area contributed by atoms with Crippen molar-refractivity contribution in [3.63, 3.8) is 0 Å². The largest absolute Gasteiger partial charge is 0.385 e. The molecular weight excluding hydrogens is 236 g/mol. The predicted octanol–water partition coefficient (Wildman–Crippen LogP) is 2.22. The van der Waals surface area contributed by atoms with Gasteiger partial charge in [0.05, 0.1) is 0 Å². The van der Waals surface area contributed by atoms with Crippen molar-refractivity contribution in [1.29, 1.82) is 0 Å². The van der Waals surface area contributed by atoms with E-state index in [4.69, 9.17) is 0 Å². The number of aliphatic imine (C=N–C) groups is 2. The molecule has 100 valence electrons. The monoisotopic (exact) mass is 256 g/mol. The Morgan fingerprint density at radius 3 is 3.05 bits per heavy atom. The van der Waals surface area contributed by atoms with Gasteiger partial charge < -0.3 is 10.6 Å². The molecule has 0 saturated heterocycles. The molecule has 0 fully saturated rings. The molecule has 0 spiro atoms. The fourth-order valence-electron chi connectivity index (χ4n) is 2.14. The number of nitrogens with zero attached hydrogens (tertiary/aromatic N) is 2. The van der Waals surface area contributed by atoms with Gasteiger partial charge in [-0.15, -0.1) is 0 Å². The molecule has 1 aliphatic rings. The summed E-state index contributed by atoms with van der Waals surface area (Å²) in [6, 6.07) is 6.45. The highest BCUT2D eigenvalue weighted by atomic mass is 15.0. The number of hydrogen-bond donors (Lipinski definition) is 2. The van der Waals surface area contributed by atoms with Gasteiger partial charge in [0.15, 0.2) is 0 Å². The maximum absolute atomic E-state index is 4.29. The van der Waals surface area contributed by atoms with E-state index < -0.39 is 0 Å². The topological polar surface area (TPSA) is 48.8 Å². The number of anilines is 1. The third-order valence-corrected chi connectivity index (χ3v) is 3.10. The first-order valence-corrected chi connectivity index (χ1v) is 6.53. The van der Waals surface area contributed by atoms with Gasteiger partial charge in [0.2, 0.25) is 0 Å². The second kappa shape index (κ2) is 6.73. The van der Waals surface area contributed by atoms with Crippen LogP contribution in [0.15, 0.2) is 40.5 Å². The maximum Gasteiger partial charge on any atom is 0.132 e. The normalized spacial score (nSPS) is 15.6. The van der Waals surface area contributed by atoms with E-state index in [1.54, 1.807) is 20.3 Å². The van der Waals surface area contributed by atoms with Crippen molar-refractivity contribution in [3.8, 4) is 0 Å². The zero-order valence-corrected chi connectivity index (χ0v) is 11.5. The molecule has 0 amide bonds. The molecule has 0 unspecified atom stereocenters. The van der Waals surface area contributed by atoms with Gasteiger partial charge >= 0.3 is 0 Å². The lowest BCUT2D eigenvalue weighted by Crippen LogP contribution is -2.20. The number of amidine groups is 1. The van der Waals surface area contributed by atoms with E-state index in [2.05, 4.69) is 38.8 Å². The van der Waals surface area contributed by atoms with Crippen LogP contribution in [0.3, 0.4) is 0 Å². The van der Waals surface area contributed by atoms with Crippen LogP contribution in [0.2, 0.25) is 0 Å². The van der Waals surface area contributed by atoms with E-state index in [1.165, 1.54) is 17.7 Å². The van der Waals surface area contributed by atoms with Crippen molar-refractivity contribution < 1.29 is 0 Å². The fraction of sp³-hybridized carbons (Fsp3) is 0.333. The summed E-state index contributed by atoms with van der Waals surface area (Å²) >= 11 is 0. The van der Waals surface area contributed by atoms with Gasteiger partial charge in [0, 0.05) is 44.3 Å². The van der Waals surface area contributed by atoms with E-state index in [0.717, 1.165) is 24.4 Å². The van der Waals surface area contributed by atoms with Gasteiger partial charge in [0.25, 0.3) is 0 Å². The Bertz CT molecular complexity index is 515. The van der Waals surface area contributed by atoms with Crippen LogP contribution in [0.25, 0.3) is 0 Å². The van der Waals surface area contributed by atoms with Gasteiger partial charge in [0.1, 0.15) is 5.84 Å². The van der Waals surface area contributed by atoms with Gasteiger partial charge in [-0.05, 0) is 30.5 Å². The van der Waals surface area contributed by atoms with Crippen LogP contribution in [0, 0.1) is 0 Å². The SMILES string of the molecule is CN=CC=CNC(=NC)c1ccc2c(c1)NCCC2. The number of benzene rings is 1. The highest BCUT2D eigenvalue weighted by Gasteiger charge is 2.10. The summed E-state index contributed by atoms with van der Waals surface area (Å²) in [5.41, 5.74) is 3.71. The lowest BCUT2D eigenvalue weighted by Gasteiger charge is -2.19. The van der Waals surface area contributed by atoms with Crippen molar-refractivity contribution in [2.75, 3.05) is 26.0 Å². The zero-order valence-electron chi connectivity index (χ0n) is 11.5. The molecule has 1 aliphatic heterocycles. The molecule has 0 aromatic heterocycles. The Labute approximate surface area is 114 Å². The first kappa shape index (κ1) is 13.3. The first-order valence-electron chi connectivity index (χ1n) is 6.53. The quantitative estimate of drug-likeness (QED) is 0.643. The summed E-state index contributed by atoms with van der Waals surface area (Å²) in [5, 5.41) is 6.61. The molecular formula is C15H20N4. The summed E-state index contributed by atoms with van der Waals surface area (Å²) in [7, 11) is 3.53. The summed E-state index contributed by atoms with van der Waals surface area (Å²) in [6.45, 7) is 1.05. The Morgan fingerprint density at radius 1 is 1.37 bits per heavy atom. The van der Waals surface area contributed by atoms with Crippen LogP contribution in [0.5, 0.6) is 0 Å². The number of rotatable bonds is 3. The maximum atomic E-state index is 4.29. The zero-order chi connectivity index (χ0) is 13.5. The molecule has 0 aliphatic carbocycles. The predicted molar refractivity (Wildman–Crippen MR) is 82.4 cm³/mol. The van der Waals surface area contributed by atoms with Gasteiger partial charge in [-0.2, -0.15) is 0 Å². The van der Waals surface area contributed by atoms with E-state index in [-0.39, 0.29) is 0 Å². The lowest BCUT2D eigenvalue weighted by atomic mass is 10.0. The fourth-order valence-corrected chi connectivity index (χ4v) is 2.14. The minimum atomic E-state index is 0.857. The van der Waals surface area contributed by atoms with Crippen LogP contribution in [0.4, 0.5) is 5.69 Å². The van der Waals surface area contributed by atoms with Crippen LogP contribution in [0.1, 0.15) is 17.5 Å². The summed E-state index contributed by atoms with van der Waals surface area (Å²) in [4.78, 5) is 8.17.